The summed E-state index contributed by atoms with van der Waals surface area (Å²) in [5.41, 5.74) is -5.95. The molecule has 5 heteroatoms. The van der Waals surface area contributed by atoms with E-state index in [1.807, 2.05) is 84.0 Å². The Morgan fingerprint density at radius 3 is 1.91 bits per heavy atom. The Labute approximate surface area is 425 Å². The van der Waals surface area contributed by atoms with Gasteiger partial charge in [-0.15, -0.1) is 29.3 Å². The molecule has 6 aromatic carbocycles. The standard InChI is InChI=1S/C59H62N3O.Pt/c1-37-22-24-38(25-23-37)40-28-29-60-50(33-40)42-30-41(31-44(32-42)57(5,6)7)46-20-17-21-52-53(46)61-55(48-35-45(58(8,9)10)36-49(54(48)63)59(11,12)13)62(52)51-27-26-43(56(2,3)4)34-47(51)39-18-15-14-16-19-39;/h14-29,31-36,63H,1-13H3;/q-1;/i1D3,8D3,9D3,10D3,11D3,12D3,13D3;. The molecule has 0 amide bonds. The number of fused-ring (bicyclic) bond motifs is 1. The van der Waals surface area contributed by atoms with E-state index in [1.165, 1.54) is 16.7 Å². The zero-order valence-electron chi connectivity index (χ0n) is 57.3. The minimum absolute atomic E-state index is 0. The molecule has 0 bridgehead atoms. The van der Waals surface area contributed by atoms with Crippen LogP contribution in [0.1, 0.15) is 139 Å². The predicted octanol–water partition coefficient (Wildman–Crippen LogP) is 15.8. The third-order valence-electron chi connectivity index (χ3n) is 11.3. The van der Waals surface area contributed by atoms with Gasteiger partial charge in [-0.25, -0.2) is 4.98 Å². The van der Waals surface area contributed by atoms with Gasteiger partial charge in [0.1, 0.15) is 11.6 Å². The van der Waals surface area contributed by atoms with Gasteiger partial charge in [-0.2, -0.15) is 0 Å². The van der Waals surface area contributed by atoms with Gasteiger partial charge in [-0.3, -0.25) is 9.55 Å². The number of phenolic OH excluding ortho intramolecular Hbond substituents is 1. The molecule has 0 atom stereocenters. The number of aromatic hydroxyl groups is 1. The number of rotatable bonds is 6. The molecular formula is C59H62N3OPt-. The molecule has 64 heavy (non-hydrogen) atoms. The van der Waals surface area contributed by atoms with E-state index in [1.54, 1.807) is 66.9 Å². The second-order valence-corrected chi connectivity index (χ2v) is 18.2. The smallest absolute Gasteiger partial charge is 0.148 e. The number of phenols is 1. The summed E-state index contributed by atoms with van der Waals surface area (Å²) in [4.78, 5) is 9.91. The maximum absolute atomic E-state index is 13.1. The van der Waals surface area contributed by atoms with Crippen LogP contribution in [0.4, 0.5) is 0 Å². The molecule has 0 saturated carbocycles. The van der Waals surface area contributed by atoms with Crippen LogP contribution in [0, 0.1) is 12.9 Å². The fraction of sp³-hybridized carbons (Fsp3) is 0.288. The molecular weight excluding hydrogens is 962 g/mol. The third kappa shape index (κ3) is 9.18. The third-order valence-corrected chi connectivity index (χ3v) is 11.3. The number of hydrogen-bond acceptors (Lipinski definition) is 3. The Hall–Kier alpha value is -5.57. The fourth-order valence-corrected chi connectivity index (χ4v) is 7.80. The topological polar surface area (TPSA) is 50.9 Å². The molecule has 0 unspecified atom stereocenters. The van der Waals surface area contributed by atoms with E-state index in [9.17, 15) is 5.11 Å². The number of pyridine rings is 1. The van der Waals surface area contributed by atoms with E-state index in [4.69, 9.17) is 38.8 Å². The monoisotopic (exact) mass is 1040 g/mol. The van der Waals surface area contributed by atoms with Crippen molar-refractivity contribution in [1.29, 1.82) is 0 Å². The van der Waals surface area contributed by atoms with Gasteiger partial charge in [0.05, 0.1) is 22.3 Å². The summed E-state index contributed by atoms with van der Waals surface area (Å²) >= 11 is 0. The van der Waals surface area contributed by atoms with Crippen molar-refractivity contribution in [2.24, 2.45) is 0 Å². The summed E-state index contributed by atoms with van der Waals surface area (Å²) in [7, 11) is 0. The molecule has 2 aromatic heterocycles. The van der Waals surface area contributed by atoms with Crippen LogP contribution >= 0.6 is 0 Å². The summed E-state index contributed by atoms with van der Waals surface area (Å²) < 4.78 is 183. The van der Waals surface area contributed by atoms with E-state index < -0.39 is 97.9 Å². The quantitative estimate of drug-likeness (QED) is 0.169. The fourth-order valence-electron chi connectivity index (χ4n) is 7.80. The zero-order valence-corrected chi connectivity index (χ0v) is 38.6. The molecule has 330 valence electrons. The van der Waals surface area contributed by atoms with E-state index in [2.05, 4.69) is 6.07 Å². The second-order valence-electron chi connectivity index (χ2n) is 18.2. The van der Waals surface area contributed by atoms with Crippen LogP contribution in [0.2, 0.25) is 0 Å². The molecule has 8 rings (SSSR count). The van der Waals surface area contributed by atoms with E-state index in [-0.39, 0.29) is 43.7 Å². The Bertz CT molecular complexity index is 3710. The van der Waals surface area contributed by atoms with Crippen molar-refractivity contribution in [2.45, 2.75) is 111 Å². The Kier molecular flexibility index (Phi) is 7.05. The molecule has 0 aliphatic rings. The van der Waals surface area contributed by atoms with Gasteiger partial charge >= 0.3 is 0 Å². The first-order valence-corrected chi connectivity index (χ1v) is 20.5. The largest absolute Gasteiger partial charge is 0.507 e. The SMILES string of the molecule is [2H]C([2H])([2H])c1ccc(-c2ccnc(-c3[c-]c(-c4cccc5c4nc(-c4cc(C(C([2H])([2H])[2H])(C([2H])([2H])[2H])C([2H])([2H])[2H])cc(C(C([2H])([2H])[2H])(C([2H])([2H])[2H])C([2H])([2H])[2H])c4O)n5-c4ccc(C(C)(C)C)cc4-c4ccccc4)cc(C(C)(C)C)c3)c2)cc1.[Pt]. The van der Waals surface area contributed by atoms with Gasteiger partial charge in [0.15, 0.2) is 0 Å². The van der Waals surface area contributed by atoms with Crippen molar-refractivity contribution in [3.05, 3.63) is 167 Å². The molecule has 0 radical (unpaired) electrons. The Morgan fingerprint density at radius 2 is 1.23 bits per heavy atom. The van der Waals surface area contributed by atoms with Gasteiger partial charge in [0, 0.05) is 72.9 Å². The van der Waals surface area contributed by atoms with Crippen LogP contribution in [0.15, 0.2) is 134 Å². The number of aromatic nitrogens is 3. The van der Waals surface area contributed by atoms with E-state index in [0.29, 0.717) is 56.4 Å². The van der Waals surface area contributed by atoms with E-state index >= 15 is 0 Å². The maximum Gasteiger partial charge on any atom is 0.148 e. The Balaban J connectivity index is 0.0000104. The molecule has 0 saturated heterocycles. The molecule has 1 N–H and O–H groups in total. The molecule has 0 aliphatic heterocycles. The van der Waals surface area contributed by atoms with Crippen molar-refractivity contribution >= 4 is 11.0 Å². The maximum atomic E-state index is 13.1. The number of hydrogen-bond donors (Lipinski definition) is 1. The van der Waals surface area contributed by atoms with Gasteiger partial charge < -0.3 is 5.11 Å². The first kappa shape index (κ1) is 26.4. The first-order chi connectivity index (χ1) is 38.3. The summed E-state index contributed by atoms with van der Waals surface area (Å²) in [6.45, 7) is -15.0. The zero-order chi connectivity index (χ0) is 62.7. The van der Waals surface area contributed by atoms with Crippen LogP contribution in [0.25, 0.3) is 72.7 Å². The van der Waals surface area contributed by atoms with Gasteiger partial charge in [0.2, 0.25) is 0 Å². The summed E-state index contributed by atoms with van der Waals surface area (Å²) in [6.07, 6.45) is 1.61. The van der Waals surface area contributed by atoms with Crippen molar-refractivity contribution < 1.29 is 55.0 Å². The Morgan fingerprint density at radius 1 is 0.562 bits per heavy atom. The van der Waals surface area contributed by atoms with Crippen LogP contribution in [0.5, 0.6) is 5.75 Å². The molecule has 0 fully saturated rings. The number of nitrogens with zero attached hydrogens (tertiary/aromatic N) is 3. The van der Waals surface area contributed by atoms with E-state index in [0.717, 1.165) is 11.1 Å². The molecule has 0 spiro atoms. The minimum Gasteiger partial charge on any atom is -0.507 e. The average molecular weight is 1050 g/mol. The summed E-state index contributed by atoms with van der Waals surface area (Å²) in [6, 6.07) is 38.0. The number of aryl methyl sites for hydroxylation is 1. The number of para-hydroxylation sites is 1. The molecule has 8 aromatic rings. The van der Waals surface area contributed by atoms with Gasteiger partial charge in [-0.05, 0) is 86.7 Å². The van der Waals surface area contributed by atoms with Crippen molar-refractivity contribution in [3.63, 3.8) is 0 Å². The normalized spacial score (nSPS) is 18.6. The van der Waals surface area contributed by atoms with Crippen molar-refractivity contribution in [3.8, 4) is 67.5 Å². The van der Waals surface area contributed by atoms with Gasteiger partial charge in [-0.1, -0.05) is 184 Å². The summed E-state index contributed by atoms with van der Waals surface area (Å²) in [5.74, 6) is -1.83. The van der Waals surface area contributed by atoms with Crippen LogP contribution in [-0.4, -0.2) is 19.6 Å². The average Bonchev–Trinajstić information content (AvgIpc) is 3.94. The van der Waals surface area contributed by atoms with Crippen LogP contribution in [-0.2, 0) is 42.7 Å². The van der Waals surface area contributed by atoms with Crippen molar-refractivity contribution in [2.75, 3.05) is 0 Å². The van der Waals surface area contributed by atoms with Crippen LogP contribution < -0.4 is 0 Å². The first-order valence-electron chi connectivity index (χ1n) is 31.0. The molecule has 2 heterocycles. The minimum atomic E-state index is -4.16. The van der Waals surface area contributed by atoms with Crippen LogP contribution in [0.3, 0.4) is 0 Å². The second kappa shape index (κ2) is 17.1. The number of imidazole rings is 1. The van der Waals surface area contributed by atoms with Gasteiger partial charge in [0.25, 0.3) is 0 Å². The molecule has 4 nitrogen and oxygen atoms in total. The number of benzene rings is 6. The summed E-state index contributed by atoms with van der Waals surface area (Å²) in [5, 5.41) is 13.1. The predicted molar refractivity (Wildman–Crippen MR) is 266 cm³/mol. The molecule has 0 aliphatic carbocycles. The van der Waals surface area contributed by atoms with Crippen molar-refractivity contribution in [1.82, 2.24) is 14.5 Å².